The lowest BCUT2D eigenvalue weighted by atomic mass is 9.84. The summed E-state index contributed by atoms with van der Waals surface area (Å²) in [5.74, 6) is 0.840. The van der Waals surface area contributed by atoms with Gasteiger partial charge in [0, 0.05) is 19.6 Å². The molecule has 0 aromatic heterocycles. The minimum atomic E-state index is -0.911. The lowest BCUT2D eigenvalue weighted by Gasteiger charge is -2.39. The van der Waals surface area contributed by atoms with Crippen LogP contribution in [0.4, 0.5) is 4.79 Å². The summed E-state index contributed by atoms with van der Waals surface area (Å²) in [7, 11) is 0. The Bertz CT molecular complexity index is 669. The van der Waals surface area contributed by atoms with Crippen LogP contribution >= 0.6 is 0 Å². The highest BCUT2D eigenvalue weighted by atomic mass is 16.6. The minimum absolute atomic E-state index is 0.308. The molecule has 0 atom stereocenters. The zero-order chi connectivity index (χ0) is 21.6. The van der Waals surface area contributed by atoms with Gasteiger partial charge in [-0.15, -0.1) is 0 Å². The fourth-order valence-electron chi connectivity index (χ4n) is 4.20. The smallest absolute Gasteiger partial charge is 0.410 e. The number of hydrogen-bond donors (Lipinski definition) is 1. The Morgan fingerprint density at radius 3 is 2.27 bits per heavy atom. The van der Waals surface area contributed by atoms with E-state index < -0.39 is 11.2 Å². The van der Waals surface area contributed by atoms with E-state index in [0.29, 0.717) is 32.5 Å². The van der Waals surface area contributed by atoms with Crippen molar-refractivity contribution in [3.8, 4) is 5.75 Å². The van der Waals surface area contributed by atoms with Gasteiger partial charge in [-0.2, -0.15) is 0 Å². The predicted molar refractivity (Wildman–Crippen MR) is 118 cm³/mol. The second-order valence-corrected chi connectivity index (χ2v) is 9.63. The van der Waals surface area contributed by atoms with Crippen molar-refractivity contribution in [1.29, 1.82) is 0 Å². The standard InChI is InChI=1S/C24H38N2O4/c1-23(2,3)30-22(27)26-17-12-24(28,13-18-26)20-8-10-21(11-9-20)29-19-7-16-25-14-5-4-6-15-25/h8-11,28H,4-7,12-19H2,1-3H3. The molecule has 0 saturated carbocycles. The largest absolute Gasteiger partial charge is 0.494 e. The van der Waals surface area contributed by atoms with Crippen LogP contribution in [0.15, 0.2) is 24.3 Å². The van der Waals surface area contributed by atoms with Gasteiger partial charge in [0.15, 0.2) is 0 Å². The summed E-state index contributed by atoms with van der Waals surface area (Å²) >= 11 is 0. The van der Waals surface area contributed by atoms with Gasteiger partial charge in [0.1, 0.15) is 11.4 Å². The normalized spacial score (nSPS) is 20.1. The summed E-state index contributed by atoms with van der Waals surface area (Å²) < 4.78 is 11.3. The lowest BCUT2D eigenvalue weighted by Crippen LogP contribution is -2.46. The molecule has 6 heteroatoms. The molecule has 1 aromatic rings. The maximum atomic E-state index is 12.2. The van der Waals surface area contributed by atoms with Crippen LogP contribution in [0, 0.1) is 0 Å². The van der Waals surface area contributed by atoms with Crippen molar-refractivity contribution in [2.75, 3.05) is 39.3 Å². The van der Waals surface area contributed by atoms with E-state index in [-0.39, 0.29) is 6.09 Å². The van der Waals surface area contributed by atoms with Gasteiger partial charge < -0.3 is 24.4 Å². The SMILES string of the molecule is CC(C)(C)OC(=O)N1CCC(O)(c2ccc(OCCCN3CCCCC3)cc2)CC1. The Morgan fingerprint density at radius 1 is 1.03 bits per heavy atom. The van der Waals surface area contributed by atoms with Crippen LogP contribution in [0.25, 0.3) is 0 Å². The van der Waals surface area contributed by atoms with E-state index in [9.17, 15) is 9.90 Å². The van der Waals surface area contributed by atoms with E-state index >= 15 is 0 Å². The first-order chi connectivity index (χ1) is 14.3. The van der Waals surface area contributed by atoms with E-state index in [1.807, 2.05) is 45.0 Å². The third-order valence-electron chi connectivity index (χ3n) is 5.97. The molecule has 0 unspecified atom stereocenters. The number of piperidine rings is 2. The van der Waals surface area contributed by atoms with Crippen LogP contribution in [0.1, 0.15) is 64.9 Å². The molecule has 6 nitrogen and oxygen atoms in total. The maximum absolute atomic E-state index is 12.2. The van der Waals surface area contributed by atoms with E-state index in [1.165, 1.54) is 32.4 Å². The molecule has 1 aromatic carbocycles. The first kappa shape index (κ1) is 22.9. The first-order valence-corrected chi connectivity index (χ1v) is 11.4. The van der Waals surface area contributed by atoms with Gasteiger partial charge in [0.25, 0.3) is 0 Å². The number of ether oxygens (including phenoxy) is 2. The highest BCUT2D eigenvalue weighted by molar-refractivity contribution is 5.68. The van der Waals surface area contributed by atoms with E-state index in [2.05, 4.69) is 4.90 Å². The molecule has 1 N–H and O–H groups in total. The number of carbonyl (C=O) groups is 1. The molecular weight excluding hydrogens is 380 g/mol. The van der Waals surface area contributed by atoms with Crippen molar-refractivity contribution in [3.05, 3.63) is 29.8 Å². The number of hydrogen-bond acceptors (Lipinski definition) is 5. The van der Waals surface area contributed by atoms with Crippen LogP contribution < -0.4 is 4.74 Å². The zero-order valence-electron chi connectivity index (χ0n) is 18.9. The van der Waals surface area contributed by atoms with Gasteiger partial charge in [-0.05, 0) is 83.7 Å². The second kappa shape index (κ2) is 10.0. The molecule has 168 valence electrons. The Balaban J connectivity index is 1.43. The second-order valence-electron chi connectivity index (χ2n) is 9.63. The molecule has 30 heavy (non-hydrogen) atoms. The average molecular weight is 419 g/mol. The van der Waals surface area contributed by atoms with Crippen LogP contribution in [0.2, 0.25) is 0 Å². The van der Waals surface area contributed by atoms with Gasteiger partial charge in [-0.25, -0.2) is 4.79 Å². The van der Waals surface area contributed by atoms with Crippen molar-refractivity contribution in [1.82, 2.24) is 9.80 Å². The van der Waals surface area contributed by atoms with Gasteiger partial charge in [-0.1, -0.05) is 18.6 Å². The van der Waals surface area contributed by atoms with Crippen molar-refractivity contribution in [3.63, 3.8) is 0 Å². The Hall–Kier alpha value is -1.79. The molecule has 0 spiro atoms. The molecule has 2 aliphatic heterocycles. The number of likely N-dealkylation sites (tertiary alicyclic amines) is 2. The number of amides is 1. The highest BCUT2D eigenvalue weighted by Crippen LogP contribution is 2.34. The third kappa shape index (κ3) is 6.61. The van der Waals surface area contributed by atoms with Gasteiger partial charge in [0.2, 0.25) is 0 Å². The maximum Gasteiger partial charge on any atom is 0.410 e. The topological polar surface area (TPSA) is 62.2 Å². The Labute approximate surface area is 181 Å². The summed E-state index contributed by atoms with van der Waals surface area (Å²) in [5, 5.41) is 11.1. The Kier molecular flexibility index (Phi) is 7.64. The zero-order valence-corrected chi connectivity index (χ0v) is 18.9. The van der Waals surface area contributed by atoms with Gasteiger partial charge >= 0.3 is 6.09 Å². The molecule has 2 fully saturated rings. The number of rotatable bonds is 6. The quantitative estimate of drug-likeness (QED) is 0.703. The molecule has 1 amide bonds. The van der Waals surface area contributed by atoms with Crippen molar-refractivity contribution < 1.29 is 19.4 Å². The predicted octanol–water partition coefficient (Wildman–Crippen LogP) is 4.16. The molecule has 2 heterocycles. The molecular formula is C24H38N2O4. The van der Waals surface area contributed by atoms with E-state index in [0.717, 1.165) is 24.3 Å². The molecule has 3 rings (SSSR count). The van der Waals surface area contributed by atoms with Crippen LogP contribution in [0.3, 0.4) is 0 Å². The third-order valence-corrected chi connectivity index (χ3v) is 5.97. The van der Waals surface area contributed by atoms with Crippen LogP contribution in [-0.2, 0) is 10.3 Å². The van der Waals surface area contributed by atoms with E-state index in [4.69, 9.17) is 9.47 Å². The van der Waals surface area contributed by atoms with Crippen LogP contribution in [-0.4, -0.2) is 65.9 Å². The van der Waals surface area contributed by atoms with Crippen LogP contribution in [0.5, 0.6) is 5.75 Å². The number of benzene rings is 1. The van der Waals surface area contributed by atoms with Crippen molar-refractivity contribution in [2.45, 2.75) is 70.5 Å². The highest BCUT2D eigenvalue weighted by Gasteiger charge is 2.36. The monoisotopic (exact) mass is 418 g/mol. The average Bonchev–Trinajstić information content (AvgIpc) is 2.72. The summed E-state index contributed by atoms with van der Waals surface area (Å²) in [6.07, 6.45) is 5.74. The van der Waals surface area contributed by atoms with Gasteiger partial charge in [0.05, 0.1) is 12.2 Å². The summed E-state index contributed by atoms with van der Waals surface area (Å²) in [4.78, 5) is 16.4. The molecule has 2 saturated heterocycles. The van der Waals surface area contributed by atoms with Crippen molar-refractivity contribution >= 4 is 6.09 Å². The number of nitrogens with zero attached hydrogens (tertiary/aromatic N) is 2. The number of carbonyl (C=O) groups excluding carboxylic acids is 1. The van der Waals surface area contributed by atoms with Gasteiger partial charge in [-0.3, -0.25) is 0 Å². The Morgan fingerprint density at radius 2 is 1.67 bits per heavy atom. The molecule has 0 aliphatic carbocycles. The number of aliphatic hydroxyl groups is 1. The summed E-state index contributed by atoms with van der Waals surface area (Å²) in [5.41, 5.74) is -0.535. The minimum Gasteiger partial charge on any atom is -0.494 e. The lowest BCUT2D eigenvalue weighted by molar-refractivity contribution is -0.0356. The molecule has 0 bridgehead atoms. The molecule has 0 radical (unpaired) electrons. The fourth-order valence-corrected chi connectivity index (χ4v) is 4.20. The van der Waals surface area contributed by atoms with E-state index in [1.54, 1.807) is 4.90 Å². The summed E-state index contributed by atoms with van der Waals surface area (Å²) in [6.45, 7) is 10.8. The fraction of sp³-hybridized carbons (Fsp3) is 0.708. The molecule has 2 aliphatic rings. The summed E-state index contributed by atoms with van der Waals surface area (Å²) in [6, 6.07) is 7.77. The van der Waals surface area contributed by atoms with Crippen molar-refractivity contribution in [2.24, 2.45) is 0 Å². The first-order valence-electron chi connectivity index (χ1n) is 11.4.